The molecule has 0 atom stereocenters. The molecule has 0 spiro atoms. The molecule has 0 aromatic heterocycles. The predicted octanol–water partition coefficient (Wildman–Crippen LogP) is 9.72. The largest absolute Gasteiger partial charge is 0.348 e. The van der Waals surface area contributed by atoms with Crippen LogP contribution in [0.5, 0.6) is 0 Å². The average molecular weight is 637 g/mol. The molecule has 0 saturated carbocycles. The van der Waals surface area contributed by atoms with Gasteiger partial charge in [0.25, 0.3) is 0 Å². The van der Waals surface area contributed by atoms with E-state index in [4.69, 9.17) is 24.4 Å². The summed E-state index contributed by atoms with van der Waals surface area (Å²) < 4.78 is 1.84. The molecule has 8 heteroatoms. The van der Waals surface area contributed by atoms with Crippen LogP contribution in [0.15, 0.2) is 121 Å². The highest BCUT2D eigenvalue weighted by Crippen LogP contribution is 2.32. The van der Waals surface area contributed by atoms with Crippen LogP contribution >= 0.6 is 67.6 Å². The SMILES string of the molecule is S=C(SSCCSSC(=S)N(Cc1ccccc1)Cc1ccccc1)N(Cc1ccccc1)Cc1ccccc1. The quantitative estimate of drug-likeness (QED) is 0.0803. The van der Waals surface area contributed by atoms with Gasteiger partial charge in [0.2, 0.25) is 0 Å². The highest BCUT2D eigenvalue weighted by atomic mass is 33.1. The summed E-state index contributed by atoms with van der Waals surface area (Å²) in [6, 6.07) is 42.2. The fourth-order valence-electron chi connectivity index (χ4n) is 3.94. The zero-order valence-electron chi connectivity index (χ0n) is 22.1. The van der Waals surface area contributed by atoms with Crippen LogP contribution in [0.2, 0.25) is 0 Å². The summed E-state index contributed by atoms with van der Waals surface area (Å²) in [6.45, 7) is 3.22. The summed E-state index contributed by atoms with van der Waals surface area (Å²) in [5, 5.41) is 0. The Morgan fingerprint density at radius 2 is 0.675 bits per heavy atom. The molecule has 0 fully saturated rings. The summed E-state index contributed by atoms with van der Waals surface area (Å²) in [5.41, 5.74) is 5.06. The van der Waals surface area contributed by atoms with Crippen LogP contribution in [-0.4, -0.2) is 29.9 Å². The van der Waals surface area contributed by atoms with Crippen LogP contribution in [-0.2, 0) is 26.2 Å². The Kier molecular flexibility index (Phi) is 13.8. The van der Waals surface area contributed by atoms with Gasteiger partial charge in [-0.05, 0) is 43.8 Å². The fraction of sp³-hybridized carbons (Fsp3) is 0.188. The summed E-state index contributed by atoms with van der Waals surface area (Å²) in [7, 11) is 7.04. The van der Waals surface area contributed by atoms with Crippen molar-refractivity contribution in [2.45, 2.75) is 26.2 Å². The Bertz CT molecular complexity index is 1100. The van der Waals surface area contributed by atoms with Gasteiger partial charge in [-0.1, -0.05) is 167 Å². The second kappa shape index (κ2) is 17.8. The zero-order valence-corrected chi connectivity index (χ0v) is 27.0. The lowest BCUT2D eigenvalue weighted by Crippen LogP contribution is -2.26. The third kappa shape index (κ3) is 11.1. The maximum Gasteiger partial charge on any atom is 0.147 e. The van der Waals surface area contributed by atoms with Gasteiger partial charge < -0.3 is 9.80 Å². The Labute approximate surface area is 265 Å². The van der Waals surface area contributed by atoms with Crippen LogP contribution < -0.4 is 0 Å². The molecule has 40 heavy (non-hydrogen) atoms. The maximum absolute atomic E-state index is 5.88. The number of hydrogen-bond donors (Lipinski definition) is 0. The van der Waals surface area contributed by atoms with E-state index in [9.17, 15) is 0 Å². The maximum atomic E-state index is 5.88. The minimum absolute atomic E-state index is 0.805. The van der Waals surface area contributed by atoms with E-state index < -0.39 is 0 Å². The minimum Gasteiger partial charge on any atom is -0.348 e. The highest BCUT2D eigenvalue weighted by molar-refractivity contribution is 8.85. The Morgan fingerprint density at radius 1 is 0.425 bits per heavy atom. The summed E-state index contributed by atoms with van der Waals surface area (Å²) in [5.74, 6) is 1.99. The van der Waals surface area contributed by atoms with Crippen molar-refractivity contribution in [3.05, 3.63) is 144 Å². The van der Waals surface area contributed by atoms with Gasteiger partial charge in [0, 0.05) is 37.7 Å². The third-order valence-corrected chi connectivity index (χ3v) is 12.2. The minimum atomic E-state index is 0.805. The predicted molar refractivity (Wildman–Crippen MR) is 190 cm³/mol. The molecule has 0 saturated heterocycles. The van der Waals surface area contributed by atoms with Crippen LogP contribution in [0.4, 0.5) is 0 Å². The molecule has 4 aromatic carbocycles. The van der Waals surface area contributed by atoms with Crippen molar-refractivity contribution in [3.8, 4) is 0 Å². The highest BCUT2D eigenvalue weighted by Gasteiger charge is 2.14. The smallest absolute Gasteiger partial charge is 0.147 e. The lowest BCUT2D eigenvalue weighted by atomic mass is 10.2. The van der Waals surface area contributed by atoms with Crippen molar-refractivity contribution < 1.29 is 0 Å². The van der Waals surface area contributed by atoms with Crippen molar-refractivity contribution in [3.63, 3.8) is 0 Å². The summed E-state index contributed by atoms with van der Waals surface area (Å²) in [4.78, 5) is 4.58. The summed E-state index contributed by atoms with van der Waals surface area (Å²) in [6.07, 6.45) is 0. The first-order valence-corrected chi connectivity index (χ1v) is 18.5. The van der Waals surface area contributed by atoms with E-state index in [1.54, 1.807) is 21.6 Å². The first kappa shape index (κ1) is 31.0. The van der Waals surface area contributed by atoms with Gasteiger partial charge >= 0.3 is 0 Å². The van der Waals surface area contributed by atoms with Gasteiger partial charge in [0.1, 0.15) is 8.64 Å². The van der Waals surface area contributed by atoms with E-state index >= 15 is 0 Å². The van der Waals surface area contributed by atoms with Crippen molar-refractivity contribution in [1.82, 2.24) is 9.80 Å². The van der Waals surface area contributed by atoms with E-state index in [-0.39, 0.29) is 0 Å². The zero-order chi connectivity index (χ0) is 27.8. The lowest BCUT2D eigenvalue weighted by Gasteiger charge is -2.25. The third-order valence-electron chi connectivity index (χ3n) is 5.89. The molecule has 0 amide bonds. The van der Waals surface area contributed by atoms with Crippen LogP contribution in [0.25, 0.3) is 0 Å². The molecule has 0 aliphatic heterocycles. The van der Waals surface area contributed by atoms with E-state index in [0.717, 1.165) is 46.3 Å². The molecular weight excluding hydrogens is 605 g/mol. The van der Waals surface area contributed by atoms with Gasteiger partial charge in [0.05, 0.1) is 0 Å². The number of rotatable bonds is 13. The molecular formula is C32H32N2S6. The molecule has 0 aliphatic rings. The molecule has 2 nitrogen and oxygen atoms in total. The molecule has 0 N–H and O–H groups in total. The first-order valence-electron chi connectivity index (χ1n) is 13.0. The number of nitrogens with zero attached hydrogens (tertiary/aromatic N) is 2. The lowest BCUT2D eigenvalue weighted by molar-refractivity contribution is 0.421. The average Bonchev–Trinajstić information content (AvgIpc) is 3.00. The number of thiocarbonyl (C=S) groups is 2. The molecule has 4 rings (SSSR count). The Balaban J connectivity index is 1.23. The van der Waals surface area contributed by atoms with Gasteiger partial charge in [-0.3, -0.25) is 0 Å². The normalized spacial score (nSPS) is 10.7. The van der Waals surface area contributed by atoms with Gasteiger partial charge in [0.15, 0.2) is 0 Å². The summed E-state index contributed by atoms with van der Waals surface area (Å²) >= 11 is 11.8. The van der Waals surface area contributed by atoms with Crippen molar-refractivity contribution in [2.24, 2.45) is 0 Å². The number of hydrogen-bond acceptors (Lipinski definition) is 6. The second-order valence-electron chi connectivity index (χ2n) is 9.00. The molecule has 4 aromatic rings. The second-order valence-corrected chi connectivity index (χ2v) is 15.1. The van der Waals surface area contributed by atoms with Gasteiger partial charge in [-0.15, -0.1) is 0 Å². The Morgan fingerprint density at radius 3 is 0.925 bits per heavy atom. The van der Waals surface area contributed by atoms with Gasteiger partial charge in [-0.25, -0.2) is 0 Å². The van der Waals surface area contributed by atoms with Crippen molar-refractivity contribution >= 4 is 76.3 Å². The molecule has 0 heterocycles. The van der Waals surface area contributed by atoms with Crippen molar-refractivity contribution in [2.75, 3.05) is 11.5 Å². The Hall–Kier alpha value is -1.94. The molecule has 0 aliphatic carbocycles. The van der Waals surface area contributed by atoms with Gasteiger partial charge in [-0.2, -0.15) is 0 Å². The van der Waals surface area contributed by atoms with Crippen LogP contribution in [0.3, 0.4) is 0 Å². The molecule has 206 valence electrons. The first-order chi connectivity index (χ1) is 19.7. The molecule has 0 unspecified atom stereocenters. The topological polar surface area (TPSA) is 6.48 Å². The fourth-order valence-corrected chi connectivity index (χ4v) is 9.41. The van der Waals surface area contributed by atoms with E-state index in [2.05, 4.69) is 131 Å². The molecule has 0 bridgehead atoms. The van der Waals surface area contributed by atoms with Crippen LogP contribution in [0, 0.1) is 0 Å². The van der Waals surface area contributed by atoms with E-state index in [1.165, 1.54) is 22.3 Å². The standard InChI is InChI=1S/C32H32N2S6/c35-31(33(23-27-13-5-1-6-14-27)24-28-15-7-2-8-16-28)39-37-21-22-38-40-32(36)34(25-29-17-9-3-10-18-29)26-30-19-11-4-12-20-30/h1-20H,21-26H2. The monoisotopic (exact) mass is 636 g/mol. The molecule has 0 radical (unpaired) electrons. The van der Waals surface area contributed by atoms with E-state index in [0.29, 0.717) is 0 Å². The van der Waals surface area contributed by atoms with Crippen molar-refractivity contribution in [1.29, 1.82) is 0 Å². The number of benzene rings is 4. The van der Waals surface area contributed by atoms with E-state index in [1.807, 2.05) is 21.6 Å². The van der Waals surface area contributed by atoms with Crippen LogP contribution in [0.1, 0.15) is 22.3 Å².